The van der Waals surface area contributed by atoms with Crippen molar-refractivity contribution in [3.63, 3.8) is 0 Å². The molecule has 86 valence electrons. The van der Waals surface area contributed by atoms with Crippen molar-refractivity contribution in [2.75, 3.05) is 0 Å². The van der Waals surface area contributed by atoms with Crippen LogP contribution in [0.5, 0.6) is 0 Å². The van der Waals surface area contributed by atoms with E-state index in [0.29, 0.717) is 11.8 Å². The lowest BCUT2D eigenvalue weighted by Gasteiger charge is -2.26. The molecule has 0 amide bonds. The third-order valence-corrected chi connectivity index (χ3v) is 3.54. The molecule has 1 aliphatic rings. The highest BCUT2D eigenvalue weighted by atomic mass is 14.8. The zero-order valence-corrected chi connectivity index (χ0v) is 10.5. The minimum atomic E-state index is 0.657. The second kappa shape index (κ2) is 4.82. The van der Waals surface area contributed by atoms with Gasteiger partial charge in [0.2, 0.25) is 0 Å². The van der Waals surface area contributed by atoms with Crippen molar-refractivity contribution in [3.8, 4) is 0 Å². The summed E-state index contributed by atoms with van der Waals surface area (Å²) in [6, 6.07) is 8.49. The number of nitrogens with zero attached hydrogens (tertiary/aromatic N) is 1. The Morgan fingerprint density at radius 3 is 2.44 bits per heavy atom. The van der Waals surface area contributed by atoms with Gasteiger partial charge in [-0.15, -0.1) is 0 Å². The van der Waals surface area contributed by atoms with E-state index in [1.165, 1.54) is 30.5 Å². The molecule has 1 aromatic carbocycles. The number of rotatable bonds is 1. The minimum Gasteiger partial charge on any atom is -0.257 e. The highest BCUT2D eigenvalue weighted by Crippen LogP contribution is 2.28. The molecular formula is C15H21N. The van der Waals surface area contributed by atoms with E-state index >= 15 is 0 Å². The van der Waals surface area contributed by atoms with Crippen molar-refractivity contribution >= 4 is 11.4 Å². The second-order valence-corrected chi connectivity index (χ2v) is 5.11. The van der Waals surface area contributed by atoms with Crippen LogP contribution in [0.25, 0.3) is 0 Å². The number of aryl methyl sites for hydroxylation is 1. The molecule has 1 nitrogen and oxygen atoms in total. The third-order valence-electron chi connectivity index (χ3n) is 3.54. The van der Waals surface area contributed by atoms with Gasteiger partial charge in [0.1, 0.15) is 0 Å². The molecule has 2 atom stereocenters. The number of benzene rings is 1. The lowest BCUT2D eigenvalue weighted by Crippen LogP contribution is -2.24. The van der Waals surface area contributed by atoms with Crippen molar-refractivity contribution < 1.29 is 0 Å². The fraction of sp³-hybridized carbons (Fsp3) is 0.533. The largest absolute Gasteiger partial charge is 0.257 e. The van der Waals surface area contributed by atoms with Crippen LogP contribution in [-0.4, -0.2) is 5.71 Å². The van der Waals surface area contributed by atoms with Crippen LogP contribution in [0.3, 0.4) is 0 Å². The van der Waals surface area contributed by atoms with Crippen LogP contribution >= 0.6 is 0 Å². The van der Waals surface area contributed by atoms with E-state index in [0.717, 1.165) is 5.69 Å². The van der Waals surface area contributed by atoms with Crippen LogP contribution in [0, 0.1) is 18.8 Å². The van der Waals surface area contributed by atoms with E-state index in [-0.39, 0.29) is 0 Å². The van der Waals surface area contributed by atoms with E-state index in [1.54, 1.807) is 0 Å². The Morgan fingerprint density at radius 2 is 1.81 bits per heavy atom. The average Bonchev–Trinajstić information content (AvgIpc) is 2.24. The van der Waals surface area contributed by atoms with Gasteiger partial charge in [0, 0.05) is 5.71 Å². The molecular weight excluding hydrogens is 194 g/mol. The monoisotopic (exact) mass is 215 g/mol. The number of aliphatic imine (C=N–C) groups is 1. The van der Waals surface area contributed by atoms with Crippen molar-refractivity contribution in [1.82, 2.24) is 0 Å². The molecule has 0 aliphatic heterocycles. The van der Waals surface area contributed by atoms with Crippen molar-refractivity contribution in [2.24, 2.45) is 16.8 Å². The van der Waals surface area contributed by atoms with Crippen LogP contribution < -0.4 is 0 Å². The van der Waals surface area contributed by atoms with Crippen LogP contribution in [0.15, 0.2) is 29.3 Å². The molecule has 1 fully saturated rings. The molecule has 0 saturated heterocycles. The van der Waals surface area contributed by atoms with Gasteiger partial charge in [-0.3, -0.25) is 4.99 Å². The van der Waals surface area contributed by atoms with Gasteiger partial charge in [-0.1, -0.05) is 32.4 Å². The van der Waals surface area contributed by atoms with Gasteiger partial charge >= 0.3 is 0 Å². The normalized spacial score (nSPS) is 25.6. The van der Waals surface area contributed by atoms with Gasteiger partial charge in [-0.25, -0.2) is 0 Å². The number of hydrogen-bond donors (Lipinski definition) is 0. The molecule has 0 bridgehead atoms. The molecule has 1 heteroatoms. The maximum Gasteiger partial charge on any atom is 0.0631 e. The summed E-state index contributed by atoms with van der Waals surface area (Å²) in [7, 11) is 0. The summed E-state index contributed by atoms with van der Waals surface area (Å²) in [6.45, 7) is 6.74. The van der Waals surface area contributed by atoms with Crippen LogP contribution in [0.1, 0.15) is 38.7 Å². The summed E-state index contributed by atoms with van der Waals surface area (Å²) in [5.41, 5.74) is 3.81. The Balaban J connectivity index is 2.27. The minimum absolute atomic E-state index is 0.657. The van der Waals surface area contributed by atoms with Crippen LogP contribution in [0.2, 0.25) is 0 Å². The lowest BCUT2D eigenvalue weighted by molar-refractivity contribution is 0.488. The average molecular weight is 215 g/mol. The predicted molar refractivity (Wildman–Crippen MR) is 70.5 cm³/mol. The summed E-state index contributed by atoms with van der Waals surface area (Å²) < 4.78 is 0. The first-order chi connectivity index (χ1) is 7.66. The molecule has 1 aromatic rings. The van der Waals surface area contributed by atoms with Crippen molar-refractivity contribution in [1.29, 1.82) is 0 Å². The van der Waals surface area contributed by atoms with E-state index in [4.69, 9.17) is 4.99 Å². The predicted octanol–water partition coefficient (Wildman–Crippen LogP) is 4.52. The van der Waals surface area contributed by atoms with Gasteiger partial charge in [0.05, 0.1) is 5.69 Å². The standard InChI is InChI=1S/C15H21N/c1-11-6-4-9-14(10-11)16-15-12(2)7-5-8-13(15)3/h4,6,9-10,12-13H,5,7-8H2,1-3H3. The summed E-state index contributed by atoms with van der Waals surface area (Å²) in [5, 5.41) is 0. The maximum absolute atomic E-state index is 4.86. The van der Waals surface area contributed by atoms with E-state index in [9.17, 15) is 0 Å². The summed E-state index contributed by atoms with van der Waals surface area (Å²) in [4.78, 5) is 4.86. The Hall–Kier alpha value is -1.11. The molecule has 0 spiro atoms. The van der Waals surface area contributed by atoms with E-state index in [1.807, 2.05) is 0 Å². The molecule has 16 heavy (non-hydrogen) atoms. The van der Waals surface area contributed by atoms with Gasteiger partial charge in [0.25, 0.3) is 0 Å². The van der Waals surface area contributed by atoms with E-state index in [2.05, 4.69) is 45.0 Å². The molecule has 2 unspecified atom stereocenters. The SMILES string of the molecule is Cc1cccc(N=C2C(C)CCCC2C)c1. The van der Waals surface area contributed by atoms with Gasteiger partial charge in [-0.2, -0.15) is 0 Å². The Labute approximate surface area is 98.6 Å². The molecule has 0 heterocycles. The molecule has 0 N–H and O–H groups in total. The molecule has 0 radical (unpaired) electrons. The molecule has 1 aliphatic carbocycles. The fourth-order valence-corrected chi connectivity index (χ4v) is 2.58. The fourth-order valence-electron chi connectivity index (χ4n) is 2.58. The first-order valence-corrected chi connectivity index (χ1v) is 6.32. The first-order valence-electron chi connectivity index (χ1n) is 6.32. The quantitative estimate of drug-likeness (QED) is 0.653. The third kappa shape index (κ3) is 2.52. The number of hydrogen-bond acceptors (Lipinski definition) is 1. The van der Waals surface area contributed by atoms with Crippen molar-refractivity contribution in [2.45, 2.75) is 40.0 Å². The first kappa shape index (κ1) is 11.4. The molecule has 0 aromatic heterocycles. The Morgan fingerprint density at radius 1 is 1.12 bits per heavy atom. The summed E-state index contributed by atoms with van der Waals surface area (Å²) in [5.74, 6) is 1.31. The maximum atomic E-state index is 4.86. The van der Waals surface area contributed by atoms with Crippen LogP contribution in [-0.2, 0) is 0 Å². The van der Waals surface area contributed by atoms with Gasteiger partial charge in [0.15, 0.2) is 0 Å². The van der Waals surface area contributed by atoms with Crippen LogP contribution in [0.4, 0.5) is 5.69 Å². The molecule has 2 rings (SSSR count). The summed E-state index contributed by atoms with van der Waals surface area (Å²) in [6.07, 6.45) is 3.96. The summed E-state index contributed by atoms with van der Waals surface area (Å²) >= 11 is 0. The van der Waals surface area contributed by atoms with E-state index < -0.39 is 0 Å². The van der Waals surface area contributed by atoms with Gasteiger partial charge < -0.3 is 0 Å². The Bertz CT molecular complexity index is 380. The molecule has 1 saturated carbocycles. The van der Waals surface area contributed by atoms with Crippen molar-refractivity contribution in [3.05, 3.63) is 29.8 Å². The lowest BCUT2D eigenvalue weighted by atomic mass is 9.81. The highest BCUT2D eigenvalue weighted by molar-refractivity contribution is 5.91. The second-order valence-electron chi connectivity index (χ2n) is 5.11. The van der Waals surface area contributed by atoms with Gasteiger partial charge in [-0.05, 0) is 49.3 Å². The zero-order chi connectivity index (χ0) is 11.5. The zero-order valence-electron chi connectivity index (χ0n) is 10.5. The Kier molecular flexibility index (Phi) is 3.42. The highest BCUT2D eigenvalue weighted by Gasteiger charge is 2.22. The topological polar surface area (TPSA) is 12.4 Å². The smallest absolute Gasteiger partial charge is 0.0631 e.